The minimum atomic E-state index is -1.30. The Balaban J connectivity index is 1.74. The van der Waals surface area contributed by atoms with Gasteiger partial charge in [0.1, 0.15) is 22.0 Å². The Bertz CT molecular complexity index is 1100. The van der Waals surface area contributed by atoms with Gasteiger partial charge >= 0.3 is 12.1 Å². The SMILES string of the molecule is CC(C)(C)OC(=O)N1CCc2ccc(NC(=O)C(C)(C)N(C(N)=O)c3ccc(Cl)s3)nc2CC1. The van der Waals surface area contributed by atoms with Gasteiger partial charge in [-0.1, -0.05) is 17.7 Å². The van der Waals surface area contributed by atoms with Crippen molar-refractivity contribution in [1.82, 2.24) is 9.88 Å². The molecular formula is C23H30ClN5O4S. The molecule has 1 aliphatic heterocycles. The molecule has 2 aromatic heterocycles. The fourth-order valence-corrected chi connectivity index (χ4v) is 4.80. The number of aromatic nitrogens is 1. The predicted molar refractivity (Wildman–Crippen MR) is 134 cm³/mol. The predicted octanol–water partition coefficient (Wildman–Crippen LogP) is 4.43. The van der Waals surface area contributed by atoms with Gasteiger partial charge in [0, 0.05) is 25.2 Å². The number of thiophene rings is 1. The van der Waals surface area contributed by atoms with Gasteiger partial charge < -0.3 is 20.7 Å². The molecule has 0 bridgehead atoms. The number of hydrogen-bond acceptors (Lipinski definition) is 6. The summed E-state index contributed by atoms with van der Waals surface area (Å²) in [6.45, 7) is 9.70. The van der Waals surface area contributed by atoms with Crippen LogP contribution in [-0.2, 0) is 22.4 Å². The number of nitrogens with two attached hydrogens (primary N) is 1. The van der Waals surface area contributed by atoms with Gasteiger partial charge in [-0.3, -0.25) is 9.69 Å². The fourth-order valence-electron chi connectivity index (χ4n) is 3.62. The molecule has 9 nitrogen and oxygen atoms in total. The van der Waals surface area contributed by atoms with Crippen LogP contribution in [0.4, 0.5) is 20.4 Å². The number of fused-ring (bicyclic) bond motifs is 1. The molecule has 0 spiro atoms. The molecule has 0 radical (unpaired) electrons. The van der Waals surface area contributed by atoms with Crippen LogP contribution < -0.4 is 16.0 Å². The molecule has 11 heteroatoms. The molecule has 0 unspecified atom stereocenters. The lowest BCUT2D eigenvalue weighted by atomic mass is 10.0. The van der Waals surface area contributed by atoms with E-state index in [1.165, 1.54) is 4.90 Å². The zero-order chi connectivity index (χ0) is 25.3. The first kappa shape index (κ1) is 25.8. The van der Waals surface area contributed by atoms with Crippen LogP contribution in [0.5, 0.6) is 0 Å². The number of primary amides is 1. The normalized spacial score (nSPS) is 14.1. The van der Waals surface area contributed by atoms with Crippen molar-refractivity contribution in [3.8, 4) is 0 Å². The molecule has 3 N–H and O–H groups in total. The third-order valence-corrected chi connectivity index (χ3v) is 6.56. The summed E-state index contributed by atoms with van der Waals surface area (Å²) >= 11 is 7.16. The first-order valence-electron chi connectivity index (χ1n) is 10.9. The highest BCUT2D eigenvalue weighted by molar-refractivity contribution is 7.20. The largest absolute Gasteiger partial charge is 0.444 e. The lowest BCUT2D eigenvalue weighted by Gasteiger charge is -2.34. The van der Waals surface area contributed by atoms with Gasteiger partial charge in [0.2, 0.25) is 0 Å². The van der Waals surface area contributed by atoms with Gasteiger partial charge in [0.15, 0.2) is 0 Å². The summed E-state index contributed by atoms with van der Waals surface area (Å²) < 4.78 is 5.96. The number of pyridine rings is 1. The van der Waals surface area contributed by atoms with Gasteiger partial charge in [0.25, 0.3) is 5.91 Å². The van der Waals surface area contributed by atoms with E-state index in [1.807, 2.05) is 26.8 Å². The number of halogens is 1. The number of hydrogen-bond donors (Lipinski definition) is 2. The first-order chi connectivity index (χ1) is 15.8. The van der Waals surface area contributed by atoms with E-state index in [2.05, 4.69) is 10.3 Å². The van der Waals surface area contributed by atoms with Crippen molar-refractivity contribution in [2.45, 2.75) is 58.6 Å². The minimum absolute atomic E-state index is 0.351. The summed E-state index contributed by atoms with van der Waals surface area (Å²) in [6.07, 6.45) is 0.814. The Morgan fingerprint density at radius 1 is 1.12 bits per heavy atom. The zero-order valence-corrected chi connectivity index (χ0v) is 21.5. The lowest BCUT2D eigenvalue weighted by Crippen LogP contribution is -2.57. The van der Waals surface area contributed by atoms with Crippen molar-refractivity contribution in [3.63, 3.8) is 0 Å². The smallest absolute Gasteiger partial charge is 0.410 e. The monoisotopic (exact) mass is 507 g/mol. The number of carbonyl (C=O) groups is 3. The van der Waals surface area contributed by atoms with Crippen LogP contribution in [0.15, 0.2) is 24.3 Å². The maximum Gasteiger partial charge on any atom is 0.410 e. The molecule has 0 atom stereocenters. The summed E-state index contributed by atoms with van der Waals surface area (Å²) in [6, 6.07) is 6.13. The standard InChI is InChI=1S/C23H30ClN5O4S/c1-22(2,3)33-21(32)28-12-10-14-6-8-17(26-15(14)11-13-28)27-19(30)23(4,5)29(20(25)31)18-9-7-16(24)34-18/h6-9H,10-13H2,1-5H3,(H2,25,31)(H,26,27,30). The van der Waals surface area contributed by atoms with Crippen molar-refractivity contribution in [2.24, 2.45) is 5.73 Å². The second-order valence-corrected chi connectivity index (χ2v) is 11.2. The number of anilines is 2. The average molecular weight is 508 g/mol. The summed E-state index contributed by atoms with van der Waals surface area (Å²) in [5, 5.41) is 3.26. The van der Waals surface area contributed by atoms with Gasteiger partial charge in [-0.15, -0.1) is 11.3 Å². The highest BCUT2D eigenvalue weighted by Gasteiger charge is 2.39. The third kappa shape index (κ3) is 5.98. The molecule has 3 heterocycles. The summed E-state index contributed by atoms with van der Waals surface area (Å²) in [5.74, 6) is -0.0940. The Morgan fingerprint density at radius 3 is 2.38 bits per heavy atom. The highest BCUT2D eigenvalue weighted by atomic mass is 35.5. The van der Waals surface area contributed by atoms with E-state index in [-0.39, 0.29) is 6.09 Å². The summed E-state index contributed by atoms with van der Waals surface area (Å²) in [7, 11) is 0. The Hall–Kier alpha value is -2.85. The van der Waals surface area contributed by atoms with Crippen molar-refractivity contribution >= 4 is 51.8 Å². The van der Waals surface area contributed by atoms with Gasteiger partial charge in [-0.05, 0) is 64.8 Å². The van der Waals surface area contributed by atoms with Gasteiger partial charge in [-0.2, -0.15) is 0 Å². The number of urea groups is 1. The highest BCUT2D eigenvalue weighted by Crippen LogP contribution is 2.34. The van der Waals surface area contributed by atoms with Crippen LogP contribution in [0.2, 0.25) is 4.34 Å². The Morgan fingerprint density at radius 2 is 1.79 bits per heavy atom. The molecule has 0 fully saturated rings. The molecule has 4 amide bonds. The van der Waals surface area contributed by atoms with Gasteiger partial charge in [-0.25, -0.2) is 14.6 Å². The molecular weight excluding hydrogens is 478 g/mol. The molecule has 0 aliphatic carbocycles. The van der Waals surface area contributed by atoms with Crippen LogP contribution in [0.3, 0.4) is 0 Å². The molecule has 1 aliphatic rings. The van der Waals surface area contributed by atoms with Crippen LogP contribution in [-0.4, -0.2) is 52.1 Å². The maximum atomic E-state index is 13.2. The van der Waals surface area contributed by atoms with Crippen LogP contribution in [0.25, 0.3) is 0 Å². The summed E-state index contributed by atoms with van der Waals surface area (Å²) in [4.78, 5) is 45.3. The number of carbonyl (C=O) groups excluding carboxylic acids is 3. The topological polar surface area (TPSA) is 118 Å². The van der Waals surface area contributed by atoms with E-state index in [0.717, 1.165) is 22.6 Å². The minimum Gasteiger partial charge on any atom is -0.444 e. The number of nitrogens with one attached hydrogen (secondary N) is 1. The lowest BCUT2D eigenvalue weighted by molar-refractivity contribution is -0.120. The molecule has 0 saturated heterocycles. The van der Waals surface area contributed by atoms with E-state index < -0.39 is 23.1 Å². The van der Waals surface area contributed by atoms with E-state index in [1.54, 1.807) is 36.9 Å². The van der Waals surface area contributed by atoms with Crippen LogP contribution >= 0.6 is 22.9 Å². The van der Waals surface area contributed by atoms with E-state index in [9.17, 15) is 14.4 Å². The van der Waals surface area contributed by atoms with Crippen LogP contribution in [0.1, 0.15) is 45.9 Å². The molecule has 0 aromatic carbocycles. The second-order valence-electron chi connectivity index (χ2n) is 9.53. The van der Waals surface area contributed by atoms with Crippen molar-refractivity contribution < 1.29 is 19.1 Å². The van der Waals surface area contributed by atoms with Crippen LogP contribution in [0, 0.1) is 0 Å². The van der Waals surface area contributed by atoms with Gasteiger partial charge in [0.05, 0.1) is 4.34 Å². The molecule has 184 valence electrons. The Kier molecular flexibility index (Phi) is 7.42. The van der Waals surface area contributed by atoms with E-state index >= 15 is 0 Å². The number of rotatable bonds is 4. The fraction of sp³-hybridized carbons (Fsp3) is 0.478. The Labute approximate surface area is 208 Å². The van der Waals surface area contributed by atoms with Crippen molar-refractivity contribution in [3.05, 3.63) is 39.9 Å². The number of amides is 4. The van der Waals surface area contributed by atoms with E-state index in [4.69, 9.17) is 22.1 Å². The van der Waals surface area contributed by atoms with Crippen molar-refractivity contribution in [2.75, 3.05) is 23.3 Å². The third-order valence-electron chi connectivity index (χ3n) is 5.35. The zero-order valence-electron chi connectivity index (χ0n) is 20.0. The molecule has 3 rings (SSSR count). The van der Waals surface area contributed by atoms with E-state index in [0.29, 0.717) is 41.1 Å². The second kappa shape index (κ2) is 9.79. The quantitative estimate of drug-likeness (QED) is 0.634. The van der Waals surface area contributed by atoms with Crippen molar-refractivity contribution in [1.29, 1.82) is 0 Å². The molecule has 2 aromatic rings. The molecule has 0 saturated carbocycles. The first-order valence-corrected chi connectivity index (χ1v) is 12.1. The molecule has 34 heavy (non-hydrogen) atoms. The average Bonchev–Trinajstić information content (AvgIpc) is 3.00. The summed E-state index contributed by atoms with van der Waals surface area (Å²) in [5.41, 5.74) is 5.54. The maximum absolute atomic E-state index is 13.2. The number of ether oxygens (including phenoxy) is 1. The number of nitrogens with zero attached hydrogens (tertiary/aromatic N) is 3.